The maximum atomic E-state index is 13.8. The highest BCUT2D eigenvalue weighted by Crippen LogP contribution is 2.45. The van der Waals surface area contributed by atoms with E-state index in [0.717, 1.165) is 10.5 Å². The summed E-state index contributed by atoms with van der Waals surface area (Å²) in [5, 5.41) is 0. The number of imide groups is 1. The Morgan fingerprint density at radius 1 is 0.875 bits per heavy atom. The highest BCUT2D eigenvalue weighted by Gasteiger charge is 2.65. The predicted octanol–water partition coefficient (Wildman–Crippen LogP) is 2.92. The molecule has 7 heteroatoms. The summed E-state index contributed by atoms with van der Waals surface area (Å²) in [5.41, 5.74) is -0.406. The molecule has 2 aromatic rings. The van der Waals surface area contributed by atoms with Crippen LogP contribution in [0.3, 0.4) is 0 Å². The highest BCUT2D eigenvalue weighted by molar-refractivity contribution is 6.18. The highest BCUT2D eigenvalue weighted by atomic mass is 16.5. The van der Waals surface area contributed by atoms with E-state index in [2.05, 4.69) is 0 Å². The van der Waals surface area contributed by atoms with Gasteiger partial charge >= 0.3 is 11.9 Å². The number of hydrogen-bond acceptors (Lipinski definition) is 6. The van der Waals surface area contributed by atoms with E-state index in [-0.39, 0.29) is 32.6 Å². The molecule has 168 valence electrons. The molecule has 32 heavy (non-hydrogen) atoms. The Labute approximate surface area is 187 Å². The fraction of sp³-hybridized carbons (Fsp3) is 0.360. The van der Waals surface area contributed by atoms with E-state index in [1.54, 1.807) is 62.4 Å². The number of amides is 2. The number of carbonyl (C=O) groups excluding carboxylic acids is 4. The summed E-state index contributed by atoms with van der Waals surface area (Å²) in [6, 6.07) is 18.0. The topological polar surface area (TPSA) is 90.0 Å². The first-order valence-electron chi connectivity index (χ1n) is 10.7. The van der Waals surface area contributed by atoms with Crippen LogP contribution >= 0.6 is 0 Å². The lowest BCUT2D eigenvalue weighted by Crippen LogP contribution is -2.47. The third-order valence-corrected chi connectivity index (χ3v) is 5.61. The van der Waals surface area contributed by atoms with E-state index in [9.17, 15) is 19.2 Å². The van der Waals surface area contributed by atoms with Gasteiger partial charge in [-0.3, -0.25) is 24.1 Å². The Morgan fingerprint density at radius 3 is 2.00 bits per heavy atom. The maximum Gasteiger partial charge on any atom is 0.322 e. The van der Waals surface area contributed by atoms with Gasteiger partial charge in [-0.25, -0.2) is 0 Å². The number of ether oxygens (including phenoxy) is 2. The Morgan fingerprint density at radius 2 is 1.44 bits per heavy atom. The summed E-state index contributed by atoms with van der Waals surface area (Å²) < 4.78 is 10.4. The van der Waals surface area contributed by atoms with Crippen LogP contribution in [0.15, 0.2) is 60.7 Å². The van der Waals surface area contributed by atoms with Crippen molar-refractivity contribution in [2.45, 2.75) is 33.2 Å². The van der Waals surface area contributed by atoms with Crippen LogP contribution in [0.1, 0.15) is 31.4 Å². The van der Waals surface area contributed by atoms with Crippen LogP contribution in [0.2, 0.25) is 0 Å². The number of carbonyl (C=O) groups is 4. The van der Waals surface area contributed by atoms with Gasteiger partial charge in [-0.05, 0) is 31.4 Å². The average Bonchev–Trinajstić information content (AvgIpc) is 2.98. The normalized spacial score (nSPS) is 20.3. The zero-order valence-corrected chi connectivity index (χ0v) is 18.3. The Kier molecular flexibility index (Phi) is 7.41. The van der Waals surface area contributed by atoms with E-state index >= 15 is 0 Å². The fourth-order valence-corrected chi connectivity index (χ4v) is 4.13. The summed E-state index contributed by atoms with van der Waals surface area (Å²) in [6.07, 6.45) is -0.429. The van der Waals surface area contributed by atoms with Crippen LogP contribution in [-0.2, 0) is 41.6 Å². The van der Waals surface area contributed by atoms with Crippen molar-refractivity contribution in [3.63, 3.8) is 0 Å². The number of hydrogen-bond donors (Lipinski definition) is 0. The molecule has 1 saturated heterocycles. The van der Waals surface area contributed by atoms with Crippen molar-refractivity contribution < 1.29 is 28.7 Å². The predicted molar refractivity (Wildman–Crippen MR) is 116 cm³/mol. The minimum Gasteiger partial charge on any atom is -0.466 e. The van der Waals surface area contributed by atoms with Gasteiger partial charge in [0.1, 0.15) is 0 Å². The molecular weight excluding hydrogens is 410 g/mol. The Hall–Kier alpha value is -3.48. The van der Waals surface area contributed by atoms with Gasteiger partial charge in [0.25, 0.3) is 0 Å². The average molecular weight is 437 g/mol. The second kappa shape index (κ2) is 10.2. The third-order valence-electron chi connectivity index (χ3n) is 5.61. The first-order valence-corrected chi connectivity index (χ1v) is 10.7. The minimum absolute atomic E-state index is 0.00772. The third kappa shape index (κ3) is 4.56. The van der Waals surface area contributed by atoms with Crippen molar-refractivity contribution in [1.82, 2.24) is 4.90 Å². The molecule has 0 bridgehead atoms. The van der Waals surface area contributed by atoms with Gasteiger partial charge < -0.3 is 9.47 Å². The van der Waals surface area contributed by atoms with Crippen LogP contribution in [0.25, 0.3) is 0 Å². The van der Waals surface area contributed by atoms with E-state index < -0.39 is 35.1 Å². The number of benzene rings is 2. The van der Waals surface area contributed by atoms with Crippen LogP contribution in [-0.4, -0.2) is 41.9 Å². The van der Waals surface area contributed by atoms with E-state index in [1.165, 1.54) is 0 Å². The molecule has 2 aromatic carbocycles. The summed E-state index contributed by atoms with van der Waals surface area (Å²) in [6.45, 7) is 3.48. The van der Waals surface area contributed by atoms with Crippen LogP contribution in [0.5, 0.6) is 0 Å². The quantitative estimate of drug-likeness (QED) is 0.340. The lowest BCUT2D eigenvalue weighted by Gasteiger charge is -2.29. The second-order valence-electron chi connectivity index (χ2n) is 7.63. The van der Waals surface area contributed by atoms with Gasteiger partial charge in [0.05, 0.1) is 32.1 Å². The lowest BCUT2D eigenvalue weighted by atomic mass is 9.71. The fourth-order valence-electron chi connectivity index (χ4n) is 4.13. The van der Waals surface area contributed by atoms with Gasteiger partial charge in [-0.1, -0.05) is 60.7 Å². The zero-order valence-electron chi connectivity index (χ0n) is 18.3. The van der Waals surface area contributed by atoms with Gasteiger partial charge in [0.15, 0.2) is 5.41 Å². The summed E-state index contributed by atoms with van der Waals surface area (Å²) >= 11 is 0. The second-order valence-corrected chi connectivity index (χ2v) is 7.63. The van der Waals surface area contributed by atoms with E-state index in [4.69, 9.17) is 9.47 Å². The van der Waals surface area contributed by atoms with E-state index in [0.29, 0.717) is 5.56 Å². The molecule has 2 atom stereocenters. The van der Waals surface area contributed by atoms with Crippen molar-refractivity contribution in [2.24, 2.45) is 11.3 Å². The van der Waals surface area contributed by atoms with Gasteiger partial charge in [-0.2, -0.15) is 0 Å². The molecule has 2 unspecified atom stereocenters. The molecule has 0 radical (unpaired) electrons. The first kappa shape index (κ1) is 23.2. The SMILES string of the molecule is CCOC(=O)CC1C(=O)N(Cc2ccccc2)C(=O)C1(Cc1ccccc1)C(=O)OCC. The van der Waals surface area contributed by atoms with Crippen LogP contribution in [0.4, 0.5) is 0 Å². The molecule has 0 aromatic heterocycles. The van der Waals surface area contributed by atoms with Crippen molar-refractivity contribution in [3.05, 3.63) is 71.8 Å². The van der Waals surface area contributed by atoms with E-state index in [1.807, 2.05) is 12.1 Å². The molecule has 3 rings (SSSR count). The molecule has 2 amide bonds. The smallest absolute Gasteiger partial charge is 0.322 e. The first-order chi connectivity index (χ1) is 15.4. The molecule has 0 aliphatic carbocycles. The van der Waals surface area contributed by atoms with Gasteiger partial charge in [0, 0.05) is 0 Å². The number of likely N-dealkylation sites (tertiary alicyclic amines) is 1. The molecule has 1 heterocycles. The Balaban J connectivity index is 2.08. The monoisotopic (exact) mass is 437 g/mol. The standard InChI is InChI=1S/C25H27NO6/c1-3-31-21(27)15-20-22(28)26(17-19-13-9-6-10-14-19)23(29)25(20,24(30)32-4-2)16-18-11-7-5-8-12-18/h5-14,20H,3-4,15-17H2,1-2H3. The Bertz CT molecular complexity index is 974. The number of esters is 2. The van der Waals surface area contributed by atoms with Crippen molar-refractivity contribution in [2.75, 3.05) is 13.2 Å². The molecule has 1 aliphatic heterocycles. The lowest BCUT2D eigenvalue weighted by molar-refractivity contribution is -0.164. The molecule has 0 saturated carbocycles. The number of nitrogens with zero attached hydrogens (tertiary/aromatic N) is 1. The zero-order chi connectivity index (χ0) is 23.1. The summed E-state index contributed by atoms with van der Waals surface area (Å²) in [5.74, 6) is -3.87. The maximum absolute atomic E-state index is 13.8. The molecule has 1 fully saturated rings. The molecular formula is C25H27NO6. The largest absolute Gasteiger partial charge is 0.466 e. The summed E-state index contributed by atoms with van der Waals surface area (Å²) in [7, 11) is 0. The van der Waals surface area contributed by atoms with Crippen molar-refractivity contribution in [3.8, 4) is 0 Å². The van der Waals surface area contributed by atoms with Gasteiger partial charge in [0.2, 0.25) is 11.8 Å². The minimum atomic E-state index is -1.84. The van der Waals surface area contributed by atoms with Crippen LogP contribution in [0, 0.1) is 11.3 Å². The molecule has 1 aliphatic rings. The van der Waals surface area contributed by atoms with Crippen molar-refractivity contribution in [1.29, 1.82) is 0 Å². The molecule has 0 spiro atoms. The molecule has 7 nitrogen and oxygen atoms in total. The van der Waals surface area contributed by atoms with Gasteiger partial charge in [-0.15, -0.1) is 0 Å². The number of rotatable bonds is 9. The van der Waals surface area contributed by atoms with Crippen LogP contribution < -0.4 is 0 Å². The molecule has 0 N–H and O–H groups in total. The van der Waals surface area contributed by atoms with Crippen molar-refractivity contribution >= 4 is 23.8 Å². The summed E-state index contributed by atoms with van der Waals surface area (Å²) in [4.78, 5) is 54.0.